The molecule has 194 valence electrons. The molecule has 38 heavy (non-hydrogen) atoms. The van der Waals surface area contributed by atoms with E-state index in [0.717, 1.165) is 0 Å². The zero-order chi connectivity index (χ0) is 26.8. The predicted octanol–water partition coefficient (Wildman–Crippen LogP) is 3.91. The molecule has 1 saturated heterocycles. The summed E-state index contributed by atoms with van der Waals surface area (Å²) in [6.07, 6.45) is 0.938. The van der Waals surface area contributed by atoms with Gasteiger partial charge in [0, 0.05) is 36.8 Å². The molecule has 3 aromatic heterocycles. The highest BCUT2D eigenvalue weighted by Gasteiger charge is 2.35. The predicted molar refractivity (Wildman–Crippen MR) is 144 cm³/mol. The Morgan fingerprint density at radius 2 is 1.84 bits per heavy atom. The Morgan fingerprint density at radius 3 is 2.55 bits per heavy atom. The Labute approximate surface area is 225 Å². The summed E-state index contributed by atoms with van der Waals surface area (Å²) < 4.78 is 16.0. The summed E-state index contributed by atoms with van der Waals surface area (Å²) in [6, 6.07) is 10.1. The van der Waals surface area contributed by atoms with Gasteiger partial charge in [0.2, 0.25) is 5.95 Å². The number of halogens is 3. The van der Waals surface area contributed by atoms with Crippen LogP contribution in [0.25, 0.3) is 33.2 Å². The van der Waals surface area contributed by atoms with Gasteiger partial charge in [-0.2, -0.15) is 15.2 Å². The number of H-pyrrole nitrogens is 1. The fourth-order valence-electron chi connectivity index (χ4n) is 5.07. The van der Waals surface area contributed by atoms with E-state index in [9.17, 15) is 9.18 Å². The Hall–Kier alpha value is -3.80. The number of amides is 1. The van der Waals surface area contributed by atoms with E-state index in [1.165, 1.54) is 10.7 Å². The molecule has 0 saturated carbocycles. The van der Waals surface area contributed by atoms with Gasteiger partial charge in [-0.15, -0.1) is 0 Å². The lowest BCUT2D eigenvalue weighted by Crippen LogP contribution is -2.49. The van der Waals surface area contributed by atoms with Crippen molar-refractivity contribution in [3.8, 4) is 11.3 Å². The molecule has 4 heterocycles. The summed E-state index contributed by atoms with van der Waals surface area (Å²) in [5.41, 5.74) is 13.9. The van der Waals surface area contributed by atoms with Crippen LogP contribution in [0.3, 0.4) is 0 Å². The van der Waals surface area contributed by atoms with Crippen molar-refractivity contribution in [3.05, 3.63) is 63.6 Å². The van der Waals surface area contributed by atoms with Crippen LogP contribution in [0.1, 0.15) is 28.9 Å². The molecule has 1 aliphatic heterocycles. The molecule has 5 aromatic rings. The zero-order valence-electron chi connectivity index (χ0n) is 20.2. The van der Waals surface area contributed by atoms with Gasteiger partial charge >= 0.3 is 0 Å². The summed E-state index contributed by atoms with van der Waals surface area (Å²) in [6.45, 7) is 0.912. The highest BCUT2D eigenvalue weighted by molar-refractivity contribution is 6.43. The van der Waals surface area contributed by atoms with Crippen LogP contribution in [0.4, 0.5) is 10.3 Å². The van der Waals surface area contributed by atoms with Crippen LogP contribution in [-0.2, 0) is 12.6 Å². The normalized spacial score (nSPS) is 15.4. The minimum atomic E-state index is -0.817. The van der Waals surface area contributed by atoms with Crippen molar-refractivity contribution in [2.75, 3.05) is 18.0 Å². The number of nitrogens with zero attached hydrogens (tertiary/aromatic N) is 6. The van der Waals surface area contributed by atoms with Gasteiger partial charge in [-0.1, -0.05) is 41.4 Å². The third-order valence-electron chi connectivity index (χ3n) is 7.11. The average molecular weight is 554 g/mol. The molecule has 10 nitrogen and oxygen atoms in total. The second-order valence-corrected chi connectivity index (χ2v) is 10.1. The fraction of sp³-hybridized carbons (Fsp3) is 0.240. The smallest absolute Gasteiger partial charge is 0.268 e. The number of aryl methyl sites for hydroxylation is 1. The minimum Gasteiger partial charge on any atom is -0.364 e. The van der Waals surface area contributed by atoms with E-state index in [0.29, 0.717) is 80.8 Å². The first kappa shape index (κ1) is 24.5. The van der Waals surface area contributed by atoms with Crippen LogP contribution in [0.5, 0.6) is 0 Å². The molecule has 0 radical (unpaired) electrons. The highest BCUT2D eigenvalue weighted by Crippen LogP contribution is 2.40. The van der Waals surface area contributed by atoms with E-state index >= 15 is 0 Å². The zero-order valence-corrected chi connectivity index (χ0v) is 21.7. The van der Waals surface area contributed by atoms with Crippen LogP contribution < -0.4 is 16.4 Å². The van der Waals surface area contributed by atoms with Gasteiger partial charge in [-0.25, -0.2) is 9.37 Å². The maximum Gasteiger partial charge on any atom is 0.268 e. The molecule has 13 heteroatoms. The second kappa shape index (κ2) is 8.90. The van der Waals surface area contributed by atoms with Gasteiger partial charge in [0.05, 0.1) is 21.3 Å². The third kappa shape index (κ3) is 3.77. The van der Waals surface area contributed by atoms with Gasteiger partial charge in [-0.05, 0) is 31.0 Å². The van der Waals surface area contributed by atoms with Gasteiger partial charge in [0.15, 0.2) is 5.65 Å². The monoisotopic (exact) mass is 553 g/mol. The van der Waals surface area contributed by atoms with E-state index in [1.54, 1.807) is 37.4 Å². The number of anilines is 1. The Bertz CT molecular complexity index is 1740. The number of primary amides is 1. The number of nitrogens with two attached hydrogens (primary N) is 2. The summed E-state index contributed by atoms with van der Waals surface area (Å²) >= 11 is 13.1. The number of carbonyl (C=O) groups is 1. The highest BCUT2D eigenvalue weighted by atomic mass is 35.5. The largest absolute Gasteiger partial charge is 0.364 e. The SMILES string of the molecule is Cn1nc2ccc(-c3n[nH]c4nc(N5CCC(N)(c6ccccc6F)CC5)nc(C(N)=O)c34)c(Cl)c2c1Cl. The quantitative estimate of drug-likeness (QED) is 0.306. The van der Waals surface area contributed by atoms with Crippen LogP contribution >= 0.6 is 23.2 Å². The van der Waals surface area contributed by atoms with E-state index in [4.69, 9.17) is 34.7 Å². The molecule has 0 atom stereocenters. The Balaban J connectivity index is 1.39. The number of fused-ring (bicyclic) bond motifs is 2. The van der Waals surface area contributed by atoms with Crippen LogP contribution in [0.2, 0.25) is 10.2 Å². The molecule has 0 unspecified atom stereocenters. The van der Waals surface area contributed by atoms with Gasteiger partial charge in [0.1, 0.15) is 22.4 Å². The van der Waals surface area contributed by atoms with Crippen molar-refractivity contribution in [3.63, 3.8) is 0 Å². The number of rotatable bonds is 4. The number of hydrogen-bond donors (Lipinski definition) is 3. The topological polar surface area (TPSA) is 145 Å². The number of carbonyl (C=O) groups excluding carboxylic acids is 1. The van der Waals surface area contributed by atoms with Crippen molar-refractivity contribution in [1.82, 2.24) is 29.9 Å². The molecular weight excluding hydrogens is 532 g/mol. The number of nitrogens with one attached hydrogen (secondary N) is 1. The summed E-state index contributed by atoms with van der Waals surface area (Å²) in [7, 11) is 1.72. The summed E-state index contributed by atoms with van der Waals surface area (Å²) in [5, 5.41) is 13.2. The van der Waals surface area contributed by atoms with E-state index in [2.05, 4.69) is 25.3 Å². The Morgan fingerprint density at radius 1 is 1.11 bits per heavy atom. The van der Waals surface area contributed by atoms with Gasteiger partial charge in [-0.3, -0.25) is 14.6 Å². The second-order valence-electron chi connectivity index (χ2n) is 9.39. The maximum absolute atomic E-state index is 14.4. The van der Waals surface area contributed by atoms with Crippen molar-refractivity contribution in [1.29, 1.82) is 0 Å². The molecule has 0 spiro atoms. The summed E-state index contributed by atoms with van der Waals surface area (Å²) in [4.78, 5) is 23.6. The first-order valence-electron chi connectivity index (χ1n) is 11.8. The standard InChI is InChI=1S/C25H22Cl2FN9O/c1-36-21(27)16-15(35-36)7-6-12(18(16)26)19-17-20(22(29)38)31-24(32-23(17)34-33-19)37-10-8-25(30,9-11-37)13-4-2-3-5-14(13)28/h2-7H,8-11,30H2,1H3,(H2,29,38)(H,31,32,33,34). The molecule has 0 aliphatic carbocycles. The number of aromatic amines is 1. The molecule has 0 bridgehead atoms. The van der Waals surface area contributed by atoms with Gasteiger partial charge in [0.25, 0.3) is 5.91 Å². The maximum atomic E-state index is 14.4. The lowest BCUT2D eigenvalue weighted by Gasteiger charge is -2.39. The minimum absolute atomic E-state index is 0.000821. The summed E-state index contributed by atoms with van der Waals surface area (Å²) in [5.74, 6) is -0.769. The van der Waals surface area contributed by atoms with Crippen LogP contribution in [0, 0.1) is 5.82 Å². The van der Waals surface area contributed by atoms with Crippen molar-refractivity contribution >= 4 is 57.0 Å². The van der Waals surface area contributed by atoms with Crippen molar-refractivity contribution in [2.24, 2.45) is 18.5 Å². The molecule has 5 N–H and O–H groups in total. The molecule has 1 amide bonds. The lowest BCUT2D eigenvalue weighted by molar-refractivity contribution is 0.0997. The van der Waals surface area contributed by atoms with Crippen molar-refractivity contribution < 1.29 is 9.18 Å². The molecular formula is C25H22Cl2FN9O. The van der Waals surface area contributed by atoms with Gasteiger partial charge < -0.3 is 16.4 Å². The Kier molecular flexibility index (Phi) is 5.74. The number of piperidine rings is 1. The van der Waals surface area contributed by atoms with Crippen LogP contribution in [0.15, 0.2) is 36.4 Å². The lowest BCUT2D eigenvalue weighted by atomic mass is 9.81. The van der Waals surface area contributed by atoms with Crippen LogP contribution in [-0.4, -0.2) is 48.9 Å². The van der Waals surface area contributed by atoms with E-state index in [1.807, 2.05) is 4.90 Å². The fourth-order valence-corrected chi connectivity index (χ4v) is 5.69. The van der Waals surface area contributed by atoms with Crippen molar-refractivity contribution in [2.45, 2.75) is 18.4 Å². The molecule has 1 aliphatic rings. The average Bonchev–Trinajstić information content (AvgIpc) is 3.45. The van der Waals surface area contributed by atoms with E-state index in [-0.39, 0.29) is 11.5 Å². The van der Waals surface area contributed by atoms with E-state index < -0.39 is 11.4 Å². The first-order valence-corrected chi connectivity index (χ1v) is 12.6. The number of benzene rings is 2. The first-order chi connectivity index (χ1) is 18.2. The number of aromatic nitrogens is 6. The molecule has 6 rings (SSSR count). The third-order valence-corrected chi connectivity index (χ3v) is 7.94. The number of hydrogen-bond acceptors (Lipinski definition) is 7. The molecule has 2 aromatic carbocycles. The molecule has 1 fully saturated rings.